The average molecular weight is 1800 g/mol. The van der Waals surface area contributed by atoms with Crippen LogP contribution in [0.15, 0.2) is 209 Å². The van der Waals surface area contributed by atoms with Crippen molar-refractivity contribution in [2.24, 2.45) is 11.8 Å². The van der Waals surface area contributed by atoms with Crippen molar-refractivity contribution in [2.75, 3.05) is 62.4 Å². The van der Waals surface area contributed by atoms with Gasteiger partial charge in [-0.15, -0.1) is 0 Å². The van der Waals surface area contributed by atoms with Crippen LogP contribution in [0.3, 0.4) is 0 Å². The Hall–Kier alpha value is -13.0. The molecule has 8 heterocycles. The number of para-hydroxylation sites is 4. The molecule has 0 atom stereocenters. The molecule has 0 radical (unpaired) electrons. The van der Waals surface area contributed by atoms with Gasteiger partial charge < -0.3 is 95.5 Å². The summed E-state index contributed by atoms with van der Waals surface area (Å²) in [7, 11) is 0. The van der Waals surface area contributed by atoms with Gasteiger partial charge in [0.05, 0.1) is 59.7 Å². The standard InChI is InChI=1S/2C26H36N2O5.2C24H28N2O6/c2*1-20(2)28(26(31)21-13-15-27(16-14-21)24-11-8-18-33-24)19-22-9-5-6-10-23(22)32-17-7-3-4-12-25(29)30;2*1-17(2)26(24(29)19-15-22(32-25-19)21-11-8-14-31-21)16-18-9-5-6-10-20(18)30-13-7-3-4-12-23(27)28/h2*5-6,8-11,18,20-21H,3-4,7,12-17,19H2,1-2H3,(H,29,30);2*5-6,8-11,14-15,17H,3-4,7,12-13,16H2,1-2H3,(H,27,28)/i20D;19D2;17D;16D2. The van der Waals surface area contributed by atoms with Crippen molar-refractivity contribution in [3.63, 3.8) is 0 Å². The third-order valence-electron chi connectivity index (χ3n) is 21.4. The fourth-order valence-corrected chi connectivity index (χ4v) is 14.3. The minimum atomic E-state index is -2.21. The summed E-state index contributed by atoms with van der Waals surface area (Å²) in [4.78, 5) is 106. The van der Waals surface area contributed by atoms with Gasteiger partial charge in [0.1, 0.15) is 23.0 Å². The van der Waals surface area contributed by atoms with Gasteiger partial charge in [0, 0.05) is 160 Å². The van der Waals surface area contributed by atoms with E-state index in [2.05, 4.69) is 20.1 Å². The van der Waals surface area contributed by atoms with E-state index in [9.17, 15) is 38.4 Å². The number of unbranched alkanes of at least 4 members (excludes halogenated alkanes) is 8. The Kier molecular flexibility index (Phi) is 37.9. The van der Waals surface area contributed by atoms with Gasteiger partial charge in [0.2, 0.25) is 23.3 Å². The SMILES string of the molecule is [2H]C(C)(C)N(Cc1ccccc1OCCCCCC(=O)O)C(=O)C1CCN(c2ccco2)CC1.[2H]C(C)(C)N(Cc1ccccc1OCCCCCC(=O)O)C(=O)c1cc(-c2ccco2)on1.[2H]C([2H])(c1ccccc1OCCCCCC(=O)O)N(C(=O)C1CCN(c2ccco2)CC1)C(C)C.[2H]C([2H])(c1ccccc1OCCCCCC(=O)O)N(C(=O)c1cc(-c2ccco2)on1)C(C)C. The number of carbonyl (C=O) groups is 8. The summed E-state index contributed by atoms with van der Waals surface area (Å²) in [6, 6.07) is 42.6. The lowest BCUT2D eigenvalue weighted by Crippen LogP contribution is -2.44. The van der Waals surface area contributed by atoms with E-state index < -0.39 is 66.8 Å². The molecule has 4 amide bonds. The molecule has 30 heteroatoms. The van der Waals surface area contributed by atoms with Crippen molar-refractivity contribution in [1.29, 1.82) is 0 Å². The van der Waals surface area contributed by atoms with Crippen LogP contribution < -0.4 is 28.7 Å². The molecule has 4 aromatic carbocycles. The number of hydrogen-bond acceptors (Lipinski definition) is 22. The molecule has 30 nitrogen and oxygen atoms in total. The molecule has 12 rings (SSSR count). The van der Waals surface area contributed by atoms with Crippen molar-refractivity contribution in [2.45, 2.75) is 234 Å². The molecule has 2 saturated heterocycles. The number of aromatic nitrogens is 2. The van der Waals surface area contributed by atoms with Crippen LogP contribution in [0.1, 0.15) is 235 Å². The lowest BCUT2D eigenvalue weighted by molar-refractivity contribution is -0.139. The smallest absolute Gasteiger partial charge is 0.303 e. The Morgan fingerprint density at radius 1 is 0.377 bits per heavy atom. The number of nitrogens with zero attached hydrogens (tertiary/aromatic N) is 8. The van der Waals surface area contributed by atoms with Crippen LogP contribution >= 0.6 is 0 Å². The third kappa shape index (κ3) is 32.9. The van der Waals surface area contributed by atoms with Gasteiger partial charge in [0.25, 0.3) is 11.8 Å². The quantitative estimate of drug-likeness (QED) is 0.0257. The summed E-state index contributed by atoms with van der Waals surface area (Å²) in [5.74, 6) is 0.268. The van der Waals surface area contributed by atoms with E-state index in [1.165, 1.54) is 34.5 Å². The van der Waals surface area contributed by atoms with Crippen LogP contribution in [-0.2, 0) is 54.9 Å². The van der Waals surface area contributed by atoms with Gasteiger partial charge in [-0.2, -0.15) is 0 Å². The second kappa shape index (κ2) is 53.7. The minimum absolute atomic E-state index is 0.00238. The Morgan fingerprint density at radius 3 is 1.01 bits per heavy atom. The third-order valence-corrected chi connectivity index (χ3v) is 21.4. The highest BCUT2D eigenvalue weighted by atomic mass is 16.5. The number of ether oxygens (including phenoxy) is 4. The summed E-state index contributed by atoms with van der Waals surface area (Å²) in [5, 5.41) is 42.6. The van der Waals surface area contributed by atoms with Crippen LogP contribution in [0.2, 0.25) is 0 Å². The predicted molar refractivity (Wildman–Crippen MR) is 489 cm³/mol. The van der Waals surface area contributed by atoms with E-state index >= 15 is 0 Å². The highest BCUT2D eigenvalue weighted by molar-refractivity contribution is 5.94. The van der Waals surface area contributed by atoms with Crippen molar-refractivity contribution >= 4 is 59.3 Å². The van der Waals surface area contributed by atoms with Gasteiger partial charge >= 0.3 is 23.9 Å². The molecule has 0 spiro atoms. The predicted octanol–water partition coefficient (Wildman–Crippen LogP) is 19.9. The number of carboxylic acids is 4. The van der Waals surface area contributed by atoms with E-state index in [0.29, 0.717) is 156 Å². The fourth-order valence-electron chi connectivity index (χ4n) is 14.3. The number of rotatable bonds is 48. The molecular weight excluding hydrogens is 1670 g/mol. The summed E-state index contributed by atoms with van der Waals surface area (Å²) in [5.41, 5.74) is 2.19. The molecule has 0 aliphatic carbocycles. The summed E-state index contributed by atoms with van der Waals surface area (Å²) in [6.07, 6.45) is 17.6. The molecule has 0 bridgehead atoms. The molecule has 2 fully saturated rings. The first-order chi connectivity index (χ1) is 64.9. The molecule has 6 aromatic heterocycles. The summed E-state index contributed by atoms with van der Waals surface area (Å²) < 4.78 is 108. The van der Waals surface area contributed by atoms with E-state index in [1.54, 1.807) is 132 Å². The maximum Gasteiger partial charge on any atom is 0.303 e. The summed E-state index contributed by atoms with van der Waals surface area (Å²) in [6.45, 7) is 14.5. The van der Waals surface area contributed by atoms with Crippen LogP contribution in [0, 0.1) is 11.8 Å². The number of hydrogen-bond donors (Lipinski definition) is 4. The van der Waals surface area contributed by atoms with E-state index in [0.717, 1.165) is 79.4 Å². The zero-order valence-corrected chi connectivity index (χ0v) is 75.6. The Morgan fingerprint density at radius 2 is 0.685 bits per heavy atom. The molecule has 4 N–H and O–H groups in total. The zero-order valence-electron chi connectivity index (χ0n) is 81.6. The van der Waals surface area contributed by atoms with E-state index in [1.807, 2.05) is 86.6 Å². The number of amides is 4. The van der Waals surface area contributed by atoms with E-state index in [-0.39, 0.29) is 84.6 Å². The van der Waals surface area contributed by atoms with Crippen molar-refractivity contribution in [3.05, 3.63) is 216 Å². The molecule has 0 saturated carbocycles. The Balaban J connectivity index is 0.000000203. The monoisotopic (exact) mass is 1800 g/mol. The van der Waals surface area contributed by atoms with Gasteiger partial charge in [-0.25, -0.2) is 0 Å². The second-order valence-electron chi connectivity index (χ2n) is 32.5. The van der Waals surface area contributed by atoms with Crippen LogP contribution in [-0.4, -0.2) is 175 Å². The Labute approximate surface area is 769 Å². The molecule has 700 valence electrons. The largest absolute Gasteiger partial charge is 0.493 e. The average Bonchev–Trinajstić information content (AvgIpc) is 1.30. The number of carbonyl (C=O) groups excluding carboxylic acids is 4. The van der Waals surface area contributed by atoms with Crippen molar-refractivity contribution < 1.29 is 113 Å². The molecule has 2 aliphatic rings. The van der Waals surface area contributed by atoms with Crippen LogP contribution in [0.5, 0.6) is 23.0 Å². The Bertz CT molecular complexity index is 5330. The van der Waals surface area contributed by atoms with Gasteiger partial charge in [0.15, 0.2) is 34.7 Å². The minimum Gasteiger partial charge on any atom is -0.493 e. The lowest BCUT2D eigenvalue weighted by Gasteiger charge is -2.36. The number of furan rings is 4. The normalized spacial score (nSPS) is 13.8. The molecule has 2 aliphatic heterocycles. The first-order valence-corrected chi connectivity index (χ1v) is 44.6. The molecular formula is C100H128N8O22. The number of carboxylic acid groups (broad SMARTS) is 4. The molecule has 10 aromatic rings. The van der Waals surface area contributed by atoms with Gasteiger partial charge in [-0.05, 0) is 219 Å². The number of benzene rings is 4. The van der Waals surface area contributed by atoms with E-state index in [4.69, 9.17) is 74.3 Å². The summed E-state index contributed by atoms with van der Waals surface area (Å²) >= 11 is 0. The molecule has 0 unspecified atom stereocenters. The maximum atomic E-state index is 13.6. The zero-order chi connectivity index (χ0) is 98.5. The first kappa shape index (κ1) is 91.7. The second-order valence-corrected chi connectivity index (χ2v) is 32.5. The number of anilines is 2. The number of aliphatic carboxylic acids is 4. The first-order valence-electron chi connectivity index (χ1n) is 47.6. The lowest BCUT2D eigenvalue weighted by atomic mass is 9.94. The van der Waals surface area contributed by atoms with Crippen LogP contribution in [0.25, 0.3) is 23.0 Å². The van der Waals surface area contributed by atoms with Crippen molar-refractivity contribution in [3.8, 4) is 46.0 Å². The van der Waals surface area contributed by atoms with Crippen LogP contribution in [0.4, 0.5) is 11.8 Å². The highest BCUT2D eigenvalue weighted by Gasteiger charge is 2.34. The molecule has 130 heavy (non-hydrogen) atoms. The van der Waals surface area contributed by atoms with Gasteiger partial charge in [-0.1, -0.05) is 83.1 Å². The topological polar surface area (TPSA) is 378 Å². The fraction of sp³-hybridized carbons (Fsp3) is 0.460. The maximum absolute atomic E-state index is 13.6. The van der Waals surface area contributed by atoms with Crippen molar-refractivity contribution in [1.82, 2.24) is 29.9 Å². The number of piperidine rings is 2. The highest BCUT2D eigenvalue weighted by Crippen LogP contribution is 2.34. The van der Waals surface area contributed by atoms with Gasteiger partial charge in [-0.3, -0.25) is 38.4 Å².